The molecular weight excluding hydrogens is 362 g/mol. The van der Waals surface area contributed by atoms with Crippen LogP contribution in [0.25, 0.3) is 12.2 Å². The summed E-state index contributed by atoms with van der Waals surface area (Å²) >= 11 is 0. The van der Waals surface area contributed by atoms with E-state index >= 15 is 0 Å². The van der Waals surface area contributed by atoms with Crippen LogP contribution in [0.15, 0.2) is 53.6 Å². The molecule has 0 fully saturated rings. The molecule has 2 rings (SSSR count). The minimum atomic E-state index is -1.39. The number of aromatic hydroxyl groups is 3. The van der Waals surface area contributed by atoms with Gasteiger partial charge in [-0.15, -0.1) is 0 Å². The van der Waals surface area contributed by atoms with Crippen molar-refractivity contribution in [2.45, 2.75) is 0 Å². The van der Waals surface area contributed by atoms with E-state index in [9.17, 15) is 9.90 Å². The number of phenolic OH excluding ortho intramolecular Hbond substituents is 3. The van der Waals surface area contributed by atoms with Crippen LogP contribution in [0.3, 0.4) is 0 Å². The van der Waals surface area contributed by atoms with Gasteiger partial charge in [-0.2, -0.15) is 15.8 Å². The van der Waals surface area contributed by atoms with E-state index in [0.717, 1.165) is 12.1 Å². The second-order valence-electron chi connectivity index (χ2n) is 5.09. The van der Waals surface area contributed by atoms with Crippen LogP contribution in [-0.4, -0.2) is 26.4 Å². The Bertz CT molecular complexity index is 1050. The molecule has 0 spiro atoms. The topological polar surface area (TPSA) is 169 Å². The number of benzene rings is 2. The summed E-state index contributed by atoms with van der Waals surface area (Å²) < 4.78 is 0. The van der Waals surface area contributed by atoms with Crippen molar-refractivity contribution in [1.82, 2.24) is 0 Å². The molecule has 0 unspecified atom stereocenters. The van der Waals surface area contributed by atoms with Crippen LogP contribution in [-0.2, 0) is 4.79 Å². The maximum atomic E-state index is 10.5. The molecule has 0 aromatic heterocycles. The van der Waals surface area contributed by atoms with E-state index in [4.69, 9.17) is 31.1 Å². The zero-order valence-corrected chi connectivity index (χ0v) is 14.2. The average Bonchev–Trinajstić information content (AvgIpc) is 2.67. The minimum absolute atomic E-state index is 0.0191. The Morgan fingerprint density at radius 1 is 0.857 bits per heavy atom. The number of carboxylic acid groups (broad SMARTS) is 1. The van der Waals surface area contributed by atoms with Crippen molar-refractivity contribution >= 4 is 18.1 Å². The van der Waals surface area contributed by atoms with Gasteiger partial charge in [0.25, 0.3) is 0 Å². The predicted molar refractivity (Wildman–Crippen MR) is 98.3 cm³/mol. The van der Waals surface area contributed by atoms with Crippen molar-refractivity contribution in [3.63, 3.8) is 0 Å². The monoisotopic (exact) mass is 375 g/mol. The van der Waals surface area contributed by atoms with E-state index < -0.39 is 11.5 Å². The normalized spacial score (nSPS) is 9.54. The molecule has 8 nitrogen and oxygen atoms in total. The Morgan fingerprint density at radius 2 is 1.50 bits per heavy atom. The molecule has 0 aliphatic rings. The number of carbonyl (C=O) groups is 1. The fourth-order valence-corrected chi connectivity index (χ4v) is 1.83. The Hall–Kier alpha value is -4.74. The van der Waals surface area contributed by atoms with Gasteiger partial charge in [0.2, 0.25) is 0 Å². The first kappa shape index (κ1) is 21.3. The van der Waals surface area contributed by atoms with Crippen molar-refractivity contribution in [1.29, 1.82) is 15.8 Å². The van der Waals surface area contributed by atoms with Gasteiger partial charge in [-0.05, 0) is 48.0 Å². The Balaban J connectivity index is 0.000000283. The highest BCUT2D eigenvalue weighted by molar-refractivity contribution is 5.96. The van der Waals surface area contributed by atoms with Gasteiger partial charge in [0.05, 0.1) is 0 Å². The lowest BCUT2D eigenvalue weighted by atomic mass is 10.1. The number of rotatable bonds is 3. The molecule has 0 amide bonds. The van der Waals surface area contributed by atoms with Gasteiger partial charge in [0.1, 0.15) is 46.6 Å². The first-order chi connectivity index (χ1) is 13.3. The number of hydrogen-bond donors (Lipinski definition) is 4. The molecule has 0 bridgehead atoms. The van der Waals surface area contributed by atoms with Crippen molar-refractivity contribution in [3.05, 3.63) is 64.7 Å². The maximum Gasteiger partial charge on any atom is 0.346 e. The Morgan fingerprint density at radius 3 is 2.04 bits per heavy atom. The highest BCUT2D eigenvalue weighted by atomic mass is 16.4. The number of nitrogens with zero attached hydrogens (tertiary/aromatic N) is 3. The predicted octanol–water partition coefficient (Wildman–Crippen LogP) is 2.91. The van der Waals surface area contributed by atoms with Gasteiger partial charge in [-0.1, -0.05) is 12.1 Å². The van der Waals surface area contributed by atoms with Crippen molar-refractivity contribution in [2.75, 3.05) is 0 Å². The van der Waals surface area contributed by atoms with Crippen LogP contribution in [0.2, 0.25) is 0 Å². The van der Waals surface area contributed by atoms with Gasteiger partial charge in [0.15, 0.2) is 0 Å². The highest BCUT2D eigenvalue weighted by Gasteiger charge is 2.08. The fraction of sp³-hybridized carbons (Fsp3) is 0. The Labute approximate surface area is 160 Å². The molecule has 0 aliphatic heterocycles. The lowest BCUT2D eigenvalue weighted by Gasteiger charge is -1.99. The van der Waals surface area contributed by atoms with E-state index in [1.165, 1.54) is 36.4 Å². The van der Waals surface area contributed by atoms with Gasteiger partial charge < -0.3 is 20.4 Å². The van der Waals surface area contributed by atoms with E-state index in [-0.39, 0.29) is 28.4 Å². The molecule has 0 saturated carbocycles. The van der Waals surface area contributed by atoms with Crippen molar-refractivity contribution < 1.29 is 25.2 Å². The lowest BCUT2D eigenvalue weighted by Crippen LogP contribution is -1.97. The summed E-state index contributed by atoms with van der Waals surface area (Å²) in [5, 5.41) is 61.4. The van der Waals surface area contributed by atoms with Crippen LogP contribution in [0, 0.1) is 34.0 Å². The molecule has 4 N–H and O–H groups in total. The van der Waals surface area contributed by atoms with Crippen molar-refractivity contribution in [3.8, 4) is 35.5 Å². The number of aliphatic carboxylic acids is 1. The molecule has 0 heterocycles. The van der Waals surface area contributed by atoms with Gasteiger partial charge >= 0.3 is 5.97 Å². The molecule has 0 radical (unpaired) electrons. The summed E-state index contributed by atoms with van der Waals surface area (Å²) in [5.41, 5.74) is 0.216. The van der Waals surface area contributed by atoms with Gasteiger partial charge in [0, 0.05) is 5.56 Å². The molecule has 138 valence electrons. The quantitative estimate of drug-likeness (QED) is 0.360. The largest absolute Gasteiger partial charge is 0.508 e. The third kappa shape index (κ3) is 6.64. The van der Waals surface area contributed by atoms with Gasteiger partial charge in [-0.25, -0.2) is 4.79 Å². The van der Waals surface area contributed by atoms with Crippen LogP contribution >= 0.6 is 0 Å². The summed E-state index contributed by atoms with van der Waals surface area (Å²) in [5.74, 6) is -1.60. The molecule has 2 aromatic rings. The second kappa shape index (κ2) is 10.3. The van der Waals surface area contributed by atoms with E-state index in [1.807, 2.05) is 0 Å². The third-order valence-corrected chi connectivity index (χ3v) is 3.08. The highest BCUT2D eigenvalue weighted by Crippen LogP contribution is 2.24. The second-order valence-corrected chi connectivity index (χ2v) is 5.09. The minimum Gasteiger partial charge on any atom is -0.508 e. The van der Waals surface area contributed by atoms with Crippen LogP contribution < -0.4 is 0 Å². The first-order valence-electron chi connectivity index (χ1n) is 7.48. The molecule has 0 saturated heterocycles. The summed E-state index contributed by atoms with van der Waals surface area (Å²) in [6.45, 7) is 0. The van der Waals surface area contributed by atoms with E-state index in [0.29, 0.717) is 5.56 Å². The van der Waals surface area contributed by atoms with E-state index in [1.54, 1.807) is 24.3 Å². The lowest BCUT2D eigenvalue weighted by molar-refractivity contribution is -0.132. The summed E-state index contributed by atoms with van der Waals surface area (Å²) in [7, 11) is 0. The smallest absolute Gasteiger partial charge is 0.346 e. The number of phenols is 3. The molecule has 0 aliphatic carbocycles. The van der Waals surface area contributed by atoms with Crippen LogP contribution in [0.5, 0.6) is 17.2 Å². The number of hydrogen-bond acceptors (Lipinski definition) is 7. The zero-order valence-electron chi connectivity index (χ0n) is 14.2. The van der Waals surface area contributed by atoms with E-state index in [2.05, 4.69) is 0 Å². The average molecular weight is 375 g/mol. The van der Waals surface area contributed by atoms with Gasteiger partial charge in [-0.3, -0.25) is 0 Å². The summed E-state index contributed by atoms with van der Waals surface area (Å²) in [4.78, 5) is 10.5. The number of nitriles is 3. The number of carboxylic acids is 1. The number of allylic oxidation sites excluding steroid dienone is 1. The first-order valence-corrected chi connectivity index (χ1v) is 7.48. The standard InChI is InChI=1S/C10H6N2O.C10H7NO4/c11-6-9(7-12)4-8-2-1-3-10(13)5-8;11-5-7(10(14)15)3-6-4-8(12)1-2-9(6)13/h1-5,13H;1-4,12-13H,(H,14,15). The Kier molecular flexibility index (Phi) is 7.83. The van der Waals surface area contributed by atoms with Crippen LogP contribution in [0.4, 0.5) is 0 Å². The maximum absolute atomic E-state index is 10.5. The van der Waals surface area contributed by atoms with Crippen LogP contribution in [0.1, 0.15) is 11.1 Å². The summed E-state index contributed by atoms with van der Waals surface area (Å²) in [6, 6.07) is 14.9. The third-order valence-electron chi connectivity index (χ3n) is 3.08. The molecule has 28 heavy (non-hydrogen) atoms. The molecule has 2 aromatic carbocycles. The van der Waals surface area contributed by atoms with Crippen molar-refractivity contribution in [2.24, 2.45) is 0 Å². The molecular formula is C20H13N3O5. The summed E-state index contributed by atoms with van der Waals surface area (Å²) in [6.07, 6.45) is 2.40. The molecule has 8 heteroatoms. The zero-order chi connectivity index (χ0) is 21.1. The molecule has 0 atom stereocenters. The SMILES string of the molecule is N#CC(=Cc1cc(O)ccc1O)C(=O)O.N#CC(C#N)=Cc1cccc(O)c1. The fourth-order valence-electron chi connectivity index (χ4n) is 1.83.